The van der Waals surface area contributed by atoms with Crippen LogP contribution in [0.5, 0.6) is 0 Å². The maximum atomic E-state index is 9.10. The van der Waals surface area contributed by atoms with Crippen LogP contribution < -0.4 is 0 Å². The van der Waals surface area contributed by atoms with Gasteiger partial charge in [0.25, 0.3) is 0 Å². The molecule has 1 rings (SSSR count). The normalized spacial score (nSPS) is 28.2. The van der Waals surface area contributed by atoms with Crippen LogP contribution in [0.3, 0.4) is 0 Å². The van der Waals surface area contributed by atoms with E-state index < -0.39 is 0 Å². The highest BCUT2D eigenvalue weighted by Crippen LogP contribution is 2.32. The van der Waals surface area contributed by atoms with Crippen molar-refractivity contribution in [1.82, 2.24) is 0 Å². The van der Waals surface area contributed by atoms with E-state index in [0.717, 1.165) is 12.3 Å². The molecule has 1 nitrogen and oxygen atoms in total. The van der Waals surface area contributed by atoms with Crippen molar-refractivity contribution in [2.75, 3.05) is 0 Å². The van der Waals surface area contributed by atoms with Crippen molar-refractivity contribution in [3.63, 3.8) is 0 Å². The van der Waals surface area contributed by atoms with Crippen LogP contribution >= 0.6 is 11.6 Å². The van der Waals surface area contributed by atoms with Gasteiger partial charge >= 0.3 is 0 Å². The Labute approximate surface area is 99.2 Å². The largest absolute Gasteiger partial charge is 0.393 e. The van der Waals surface area contributed by atoms with E-state index in [9.17, 15) is 0 Å². The summed E-state index contributed by atoms with van der Waals surface area (Å²) in [4.78, 5) is 0. The Hall–Kier alpha value is 0.250. The summed E-state index contributed by atoms with van der Waals surface area (Å²) in [6.45, 7) is 1.87. The highest BCUT2D eigenvalue weighted by atomic mass is 35.5. The van der Waals surface area contributed by atoms with Gasteiger partial charge in [0.15, 0.2) is 0 Å². The maximum absolute atomic E-state index is 9.10. The molecule has 0 aromatic carbocycles. The van der Waals surface area contributed by atoms with Crippen molar-refractivity contribution in [1.29, 1.82) is 0 Å². The number of hydrogen-bond acceptors (Lipinski definition) is 1. The molecular formula is C13H25ClO. The number of unbranched alkanes of at least 4 members (excludes halogenated alkanes) is 3. The Morgan fingerprint density at radius 1 is 1.20 bits per heavy atom. The highest BCUT2D eigenvalue weighted by molar-refractivity contribution is 6.20. The quantitative estimate of drug-likeness (QED) is 0.517. The molecular weight excluding hydrogens is 208 g/mol. The summed E-state index contributed by atoms with van der Waals surface area (Å²) < 4.78 is 0. The first-order valence-corrected chi connectivity index (χ1v) is 6.94. The Bertz CT molecular complexity index is 159. The topological polar surface area (TPSA) is 20.2 Å². The van der Waals surface area contributed by atoms with Gasteiger partial charge in [-0.2, -0.15) is 0 Å². The van der Waals surface area contributed by atoms with Gasteiger partial charge in [0, 0.05) is 5.38 Å². The van der Waals surface area contributed by atoms with Crippen molar-refractivity contribution < 1.29 is 5.11 Å². The monoisotopic (exact) mass is 232 g/mol. The van der Waals surface area contributed by atoms with Crippen molar-refractivity contribution >= 4 is 11.6 Å². The number of aliphatic hydroxyl groups is 1. The molecule has 0 bridgehead atoms. The number of alkyl halides is 1. The molecule has 1 saturated carbocycles. The van der Waals surface area contributed by atoms with E-state index in [1.807, 2.05) is 6.92 Å². The van der Waals surface area contributed by atoms with Gasteiger partial charge in [-0.05, 0) is 38.5 Å². The fourth-order valence-electron chi connectivity index (χ4n) is 2.50. The van der Waals surface area contributed by atoms with Crippen molar-refractivity contribution in [2.24, 2.45) is 5.92 Å². The van der Waals surface area contributed by atoms with Gasteiger partial charge in [-0.25, -0.2) is 0 Å². The van der Waals surface area contributed by atoms with Gasteiger partial charge in [-0.1, -0.05) is 32.1 Å². The second-order valence-electron chi connectivity index (χ2n) is 5.12. The fourth-order valence-corrected chi connectivity index (χ4v) is 2.88. The molecule has 3 atom stereocenters. The van der Waals surface area contributed by atoms with Crippen LogP contribution in [0.4, 0.5) is 0 Å². The van der Waals surface area contributed by atoms with Crippen LogP contribution in [-0.4, -0.2) is 16.6 Å². The smallest absolute Gasteiger partial charge is 0.0512 e. The lowest BCUT2D eigenvalue weighted by Gasteiger charge is -2.08. The van der Waals surface area contributed by atoms with Crippen LogP contribution in [0, 0.1) is 5.92 Å². The van der Waals surface area contributed by atoms with Crippen molar-refractivity contribution in [3.05, 3.63) is 0 Å². The molecule has 0 unspecified atom stereocenters. The summed E-state index contributed by atoms with van der Waals surface area (Å²) in [5, 5.41) is 9.56. The molecule has 1 N–H and O–H groups in total. The molecule has 90 valence electrons. The molecule has 1 aliphatic rings. The molecule has 15 heavy (non-hydrogen) atoms. The average molecular weight is 233 g/mol. The summed E-state index contributed by atoms with van der Waals surface area (Å²) in [5.74, 6) is 0.907. The molecule has 1 aliphatic carbocycles. The molecule has 0 aromatic heterocycles. The minimum Gasteiger partial charge on any atom is -0.393 e. The van der Waals surface area contributed by atoms with E-state index in [4.69, 9.17) is 16.7 Å². The second-order valence-corrected chi connectivity index (χ2v) is 5.73. The van der Waals surface area contributed by atoms with Crippen molar-refractivity contribution in [3.8, 4) is 0 Å². The fraction of sp³-hybridized carbons (Fsp3) is 1.00. The van der Waals surface area contributed by atoms with E-state index in [0.29, 0.717) is 5.38 Å². The van der Waals surface area contributed by atoms with Gasteiger partial charge in [0.1, 0.15) is 0 Å². The lowest BCUT2D eigenvalue weighted by molar-refractivity contribution is 0.180. The molecule has 0 radical (unpaired) electrons. The molecule has 1 fully saturated rings. The lowest BCUT2D eigenvalue weighted by Crippen LogP contribution is -1.99. The first-order valence-electron chi connectivity index (χ1n) is 6.50. The Kier molecular flexibility index (Phi) is 6.67. The Balaban J connectivity index is 1.85. The van der Waals surface area contributed by atoms with Crippen LogP contribution in [-0.2, 0) is 0 Å². The zero-order valence-corrected chi connectivity index (χ0v) is 10.7. The third-order valence-electron chi connectivity index (χ3n) is 3.46. The van der Waals surface area contributed by atoms with E-state index in [1.54, 1.807) is 0 Å². The first kappa shape index (κ1) is 13.3. The molecule has 0 spiro atoms. The van der Waals surface area contributed by atoms with Crippen LogP contribution in [0.1, 0.15) is 64.7 Å². The number of rotatable bonds is 7. The SMILES string of the molecule is C[C@@H](O)CCCCCC[C@H]1CC[C@@H](Cl)C1. The van der Waals surface area contributed by atoms with Gasteiger partial charge in [-0.15, -0.1) is 11.6 Å². The first-order chi connectivity index (χ1) is 7.18. The van der Waals surface area contributed by atoms with Crippen LogP contribution in [0.15, 0.2) is 0 Å². The molecule has 0 amide bonds. The molecule has 0 aliphatic heterocycles. The summed E-state index contributed by atoms with van der Waals surface area (Å²) >= 11 is 6.08. The molecule has 2 heteroatoms. The third kappa shape index (κ3) is 6.42. The predicted octanol–water partition coefficient (Wildman–Crippen LogP) is 4.12. The number of halogens is 1. The molecule has 0 heterocycles. The summed E-state index contributed by atoms with van der Waals surface area (Å²) in [7, 11) is 0. The molecule has 0 saturated heterocycles. The average Bonchev–Trinajstić information content (AvgIpc) is 2.57. The van der Waals surface area contributed by atoms with Gasteiger partial charge in [-0.3, -0.25) is 0 Å². The van der Waals surface area contributed by atoms with E-state index in [-0.39, 0.29) is 6.10 Å². The minimum absolute atomic E-state index is 0.114. The predicted molar refractivity (Wildman–Crippen MR) is 66.4 cm³/mol. The second kappa shape index (κ2) is 7.51. The Morgan fingerprint density at radius 2 is 1.93 bits per heavy atom. The van der Waals surface area contributed by atoms with Gasteiger partial charge in [0.05, 0.1) is 6.10 Å². The zero-order chi connectivity index (χ0) is 11.1. The highest BCUT2D eigenvalue weighted by Gasteiger charge is 2.21. The van der Waals surface area contributed by atoms with Gasteiger partial charge < -0.3 is 5.11 Å². The lowest BCUT2D eigenvalue weighted by atomic mass is 9.99. The maximum Gasteiger partial charge on any atom is 0.0512 e. The summed E-state index contributed by atoms with van der Waals surface area (Å²) in [5.41, 5.74) is 0. The number of aliphatic hydroxyl groups excluding tert-OH is 1. The summed E-state index contributed by atoms with van der Waals surface area (Å²) in [6, 6.07) is 0. The standard InChI is InChI=1S/C13H25ClO/c1-11(15)6-4-2-3-5-7-12-8-9-13(14)10-12/h11-13,15H,2-10H2,1H3/t11-,12+,13-/m1/s1. The number of hydrogen-bond donors (Lipinski definition) is 1. The van der Waals surface area contributed by atoms with Crippen molar-refractivity contribution in [2.45, 2.75) is 76.2 Å². The zero-order valence-electron chi connectivity index (χ0n) is 9.92. The van der Waals surface area contributed by atoms with Gasteiger partial charge in [0.2, 0.25) is 0 Å². The van der Waals surface area contributed by atoms with Crippen LogP contribution in [0.2, 0.25) is 0 Å². The minimum atomic E-state index is -0.114. The van der Waals surface area contributed by atoms with E-state index in [2.05, 4.69) is 0 Å². The van der Waals surface area contributed by atoms with E-state index in [1.165, 1.54) is 51.4 Å². The Morgan fingerprint density at radius 3 is 2.53 bits per heavy atom. The van der Waals surface area contributed by atoms with E-state index >= 15 is 0 Å². The molecule has 0 aromatic rings. The third-order valence-corrected chi connectivity index (χ3v) is 3.86. The summed E-state index contributed by atoms with van der Waals surface area (Å²) in [6.07, 6.45) is 11.2. The van der Waals surface area contributed by atoms with Crippen LogP contribution in [0.25, 0.3) is 0 Å².